The van der Waals surface area contributed by atoms with E-state index in [0.29, 0.717) is 18.8 Å². The Balaban J connectivity index is 2.21. The average Bonchev–Trinajstić information content (AvgIpc) is 2.74. The van der Waals surface area contributed by atoms with E-state index in [-0.39, 0.29) is 12.1 Å². The Bertz CT molecular complexity index is 410. The van der Waals surface area contributed by atoms with Gasteiger partial charge in [-0.3, -0.25) is 4.79 Å². The molecular formula is C13H16O5. The predicted molar refractivity (Wildman–Crippen MR) is 62.6 cm³/mol. The third-order valence-electron chi connectivity index (χ3n) is 2.87. The van der Waals surface area contributed by atoms with Crippen LogP contribution in [0.5, 0.6) is 0 Å². The number of carbonyl (C=O) groups is 2. The van der Waals surface area contributed by atoms with Gasteiger partial charge in [0.1, 0.15) is 12.0 Å². The number of esters is 2. The van der Waals surface area contributed by atoms with Crippen molar-refractivity contribution < 1.29 is 23.8 Å². The van der Waals surface area contributed by atoms with E-state index < -0.39 is 18.0 Å². The summed E-state index contributed by atoms with van der Waals surface area (Å²) in [6, 6.07) is 0. The molecule has 2 aliphatic rings. The summed E-state index contributed by atoms with van der Waals surface area (Å²) in [7, 11) is 0. The van der Waals surface area contributed by atoms with Crippen molar-refractivity contribution in [1.82, 2.24) is 0 Å². The van der Waals surface area contributed by atoms with E-state index >= 15 is 0 Å². The number of hydrogen-bond donors (Lipinski definition) is 0. The van der Waals surface area contributed by atoms with E-state index in [1.807, 2.05) is 0 Å². The van der Waals surface area contributed by atoms with Gasteiger partial charge in [0.2, 0.25) is 0 Å². The first-order valence-corrected chi connectivity index (χ1v) is 6.06. The van der Waals surface area contributed by atoms with E-state index in [1.54, 1.807) is 32.1 Å². The zero-order valence-electron chi connectivity index (χ0n) is 10.4. The van der Waals surface area contributed by atoms with Crippen LogP contribution < -0.4 is 0 Å². The highest BCUT2D eigenvalue weighted by atomic mass is 16.5. The van der Waals surface area contributed by atoms with Crippen LogP contribution in [0.25, 0.3) is 0 Å². The second-order valence-corrected chi connectivity index (χ2v) is 4.03. The molecule has 0 radical (unpaired) electrons. The molecule has 0 aromatic rings. The molecule has 2 aliphatic heterocycles. The lowest BCUT2D eigenvalue weighted by Crippen LogP contribution is -2.36. The zero-order valence-corrected chi connectivity index (χ0v) is 10.4. The molecule has 5 nitrogen and oxygen atoms in total. The minimum atomic E-state index is -0.570. The van der Waals surface area contributed by atoms with Gasteiger partial charge in [0.25, 0.3) is 0 Å². The van der Waals surface area contributed by atoms with Crippen molar-refractivity contribution in [3.05, 3.63) is 23.8 Å². The molecule has 18 heavy (non-hydrogen) atoms. The lowest BCUT2D eigenvalue weighted by atomic mass is 9.97. The lowest BCUT2D eigenvalue weighted by Gasteiger charge is -2.26. The second kappa shape index (κ2) is 5.35. The molecule has 0 aromatic heterocycles. The smallest absolute Gasteiger partial charge is 0.336 e. The molecule has 0 aromatic carbocycles. The fourth-order valence-electron chi connectivity index (χ4n) is 2.07. The summed E-state index contributed by atoms with van der Waals surface area (Å²) in [4.78, 5) is 23.5. The van der Waals surface area contributed by atoms with Gasteiger partial charge in [0.05, 0.1) is 24.9 Å². The van der Waals surface area contributed by atoms with E-state index in [2.05, 4.69) is 0 Å². The summed E-state index contributed by atoms with van der Waals surface area (Å²) in [6.07, 6.45) is 4.42. The molecule has 0 spiro atoms. The largest absolute Gasteiger partial charge is 0.465 e. The maximum absolute atomic E-state index is 11.8. The van der Waals surface area contributed by atoms with Crippen LogP contribution in [0.2, 0.25) is 0 Å². The Labute approximate surface area is 105 Å². The number of hydrogen-bond acceptors (Lipinski definition) is 5. The molecule has 98 valence electrons. The van der Waals surface area contributed by atoms with Gasteiger partial charge in [-0.1, -0.05) is 18.2 Å². The molecule has 0 amide bonds. The number of ether oxygens (including phenoxy) is 3. The van der Waals surface area contributed by atoms with Crippen LogP contribution in [0.3, 0.4) is 0 Å². The summed E-state index contributed by atoms with van der Waals surface area (Å²) >= 11 is 0. The summed E-state index contributed by atoms with van der Waals surface area (Å²) in [5, 5.41) is 0. The highest BCUT2D eigenvalue weighted by Crippen LogP contribution is 2.32. The van der Waals surface area contributed by atoms with Crippen molar-refractivity contribution in [3.63, 3.8) is 0 Å². The second-order valence-electron chi connectivity index (χ2n) is 4.03. The van der Waals surface area contributed by atoms with Crippen LogP contribution in [0, 0.1) is 5.92 Å². The highest BCUT2D eigenvalue weighted by molar-refractivity contribution is 5.92. The van der Waals surface area contributed by atoms with Crippen LogP contribution in [0.4, 0.5) is 0 Å². The highest BCUT2D eigenvalue weighted by Gasteiger charge is 2.40. The Kier molecular flexibility index (Phi) is 3.81. The Morgan fingerprint density at radius 2 is 1.94 bits per heavy atom. The third-order valence-corrected chi connectivity index (χ3v) is 2.87. The first-order chi connectivity index (χ1) is 8.67. The first-order valence-electron chi connectivity index (χ1n) is 6.06. The predicted octanol–water partition coefficient (Wildman–Crippen LogP) is 0.992. The maximum atomic E-state index is 11.8. The Hall–Kier alpha value is -1.62. The fourth-order valence-corrected chi connectivity index (χ4v) is 2.07. The van der Waals surface area contributed by atoms with E-state index in [1.165, 1.54) is 0 Å². The summed E-state index contributed by atoms with van der Waals surface area (Å²) in [5.41, 5.74) is 0.375. The Morgan fingerprint density at radius 3 is 2.61 bits per heavy atom. The average molecular weight is 252 g/mol. The van der Waals surface area contributed by atoms with Gasteiger partial charge in [0, 0.05) is 0 Å². The molecule has 0 saturated carbocycles. The molecule has 2 heterocycles. The monoisotopic (exact) mass is 252 g/mol. The first kappa shape index (κ1) is 12.8. The topological polar surface area (TPSA) is 61.8 Å². The normalized spacial score (nSPS) is 28.8. The fraction of sp³-hybridized carbons (Fsp3) is 0.538. The summed E-state index contributed by atoms with van der Waals surface area (Å²) in [5.74, 6) is -1.39. The molecule has 2 bridgehead atoms. The van der Waals surface area contributed by atoms with Gasteiger partial charge in [-0.2, -0.15) is 0 Å². The van der Waals surface area contributed by atoms with Crippen LogP contribution in [-0.4, -0.2) is 37.4 Å². The van der Waals surface area contributed by atoms with Crippen molar-refractivity contribution >= 4 is 11.9 Å². The van der Waals surface area contributed by atoms with Gasteiger partial charge in [-0.15, -0.1) is 0 Å². The van der Waals surface area contributed by atoms with Crippen LogP contribution >= 0.6 is 0 Å². The molecule has 0 N–H and O–H groups in total. The van der Waals surface area contributed by atoms with Gasteiger partial charge in [0.15, 0.2) is 0 Å². The molecular weight excluding hydrogens is 236 g/mol. The minimum absolute atomic E-state index is 0.292. The van der Waals surface area contributed by atoms with Crippen LogP contribution in [0.1, 0.15) is 13.8 Å². The maximum Gasteiger partial charge on any atom is 0.336 e. The number of carbonyl (C=O) groups excluding carboxylic acids is 2. The van der Waals surface area contributed by atoms with Crippen LogP contribution in [0.15, 0.2) is 23.8 Å². The van der Waals surface area contributed by atoms with Gasteiger partial charge < -0.3 is 14.2 Å². The van der Waals surface area contributed by atoms with E-state index in [9.17, 15) is 9.59 Å². The van der Waals surface area contributed by atoms with Crippen molar-refractivity contribution in [2.45, 2.75) is 26.1 Å². The third kappa shape index (κ3) is 2.31. The van der Waals surface area contributed by atoms with Crippen molar-refractivity contribution in [2.24, 2.45) is 5.92 Å². The summed E-state index contributed by atoms with van der Waals surface area (Å²) in [6.45, 7) is 4.07. The molecule has 2 rings (SSSR count). The van der Waals surface area contributed by atoms with Crippen molar-refractivity contribution in [1.29, 1.82) is 0 Å². The molecule has 3 atom stereocenters. The molecule has 0 unspecified atom stereocenters. The Morgan fingerprint density at radius 1 is 1.22 bits per heavy atom. The standard InChI is InChI=1S/C13H16O5/c1-3-16-12(14)8-7-9(13(15)17-4-2)11-6-5-10(8)18-11/h5-8,10-11H,3-4H2,1-2H3/t8-,10-,11+/m0/s1. The molecule has 0 saturated heterocycles. The van der Waals surface area contributed by atoms with Crippen molar-refractivity contribution in [3.8, 4) is 0 Å². The van der Waals surface area contributed by atoms with Crippen LogP contribution in [-0.2, 0) is 23.8 Å². The molecule has 5 heteroatoms. The molecule has 0 aliphatic carbocycles. The molecule has 0 fully saturated rings. The quantitative estimate of drug-likeness (QED) is 0.551. The number of fused-ring (bicyclic) bond motifs is 2. The van der Waals surface area contributed by atoms with Gasteiger partial charge in [-0.05, 0) is 13.8 Å². The zero-order chi connectivity index (χ0) is 13.1. The van der Waals surface area contributed by atoms with Crippen molar-refractivity contribution in [2.75, 3.05) is 13.2 Å². The lowest BCUT2D eigenvalue weighted by molar-refractivity contribution is -0.151. The van der Waals surface area contributed by atoms with E-state index in [4.69, 9.17) is 14.2 Å². The number of rotatable bonds is 4. The SMILES string of the molecule is CCOC(=O)C1=C[C@H](C(=O)OCC)[C@@H]2C=C[C@H]1O2. The summed E-state index contributed by atoms with van der Waals surface area (Å²) < 4.78 is 15.5. The minimum Gasteiger partial charge on any atom is -0.465 e. The van der Waals surface area contributed by atoms with Gasteiger partial charge >= 0.3 is 11.9 Å². The van der Waals surface area contributed by atoms with E-state index in [0.717, 1.165) is 0 Å². The van der Waals surface area contributed by atoms with Gasteiger partial charge in [-0.25, -0.2) is 4.79 Å².